The van der Waals surface area contributed by atoms with Crippen LogP contribution in [0.25, 0.3) is 10.7 Å². The number of halogens is 2. The molecule has 2 aromatic rings. The first-order valence-electron chi connectivity index (χ1n) is 5.61. The molecule has 0 aliphatic heterocycles. The van der Waals surface area contributed by atoms with Gasteiger partial charge in [0.2, 0.25) is 0 Å². The van der Waals surface area contributed by atoms with Gasteiger partial charge in [-0.2, -0.15) is 0 Å². The topological polar surface area (TPSA) is 51.8 Å². The van der Waals surface area contributed by atoms with Crippen molar-refractivity contribution >= 4 is 55.7 Å². The van der Waals surface area contributed by atoms with Gasteiger partial charge < -0.3 is 5.73 Å². The molecule has 2 rings (SSSR count). The van der Waals surface area contributed by atoms with Crippen LogP contribution in [0, 0.1) is 10.5 Å². The van der Waals surface area contributed by atoms with Crippen molar-refractivity contribution in [3.63, 3.8) is 0 Å². The molecule has 18 heavy (non-hydrogen) atoms. The van der Waals surface area contributed by atoms with Gasteiger partial charge in [0, 0.05) is 9.35 Å². The van der Waals surface area contributed by atoms with E-state index in [1.807, 2.05) is 0 Å². The molecule has 0 unspecified atom stereocenters. The smallest absolute Gasteiger partial charge is 0.171 e. The molecule has 0 radical (unpaired) electrons. The van der Waals surface area contributed by atoms with Crippen molar-refractivity contribution in [1.29, 1.82) is 0 Å². The normalized spacial score (nSPS) is 10.9. The highest BCUT2D eigenvalue weighted by Crippen LogP contribution is 2.33. The van der Waals surface area contributed by atoms with Gasteiger partial charge in [-0.05, 0) is 57.9 Å². The fourth-order valence-electron chi connectivity index (χ4n) is 1.60. The first-order valence-corrected chi connectivity index (χ1v) is 8.30. The van der Waals surface area contributed by atoms with Crippen molar-refractivity contribution in [2.45, 2.75) is 26.7 Å². The molecule has 0 atom stereocenters. The lowest BCUT2D eigenvalue weighted by atomic mass is 10.2. The summed E-state index contributed by atoms with van der Waals surface area (Å²) in [5, 5.41) is 0. The fraction of sp³-hybridized carbons (Fsp3) is 0.333. The van der Waals surface area contributed by atoms with Crippen LogP contribution in [0.4, 0.5) is 5.82 Å². The predicted molar refractivity (Wildman–Crippen MR) is 88.9 cm³/mol. The zero-order valence-corrected chi connectivity index (χ0v) is 14.7. The van der Waals surface area contributed by atoms with Gasteiger partial charge in [-0.1, -0.05) is 13.3 Å². The van der Waals surface area contributed by atoms with E-state index in [0.717, 1.165) is 37.3 Å². The summed E-state index contributed by atoms with van der Waals surface area (Å²) in [7, 11) is 0. The van der Waals surface area contributed by atoms with E-state index in [1.165, 1.54) is 4.88 Å². The SMILES string of the molecule is CCCc1nc(-c2cc(Br)c(C)s2)nc(N)c1I. The van der Waals surface area contributed by atoms with E-state index in [9.17, 15) is 0 Å². The highest BCUT2D eigenvalue weighted by atomic mass is 127. The minimum absolute atomic E-state index is 0.575. The van der Waals surface area contributed by atoms with Gasteiger partial charge >= 0.3 is 0 Å². The molecule has 0 saturated heterocycles. The Balaban J connectivity index is 2.51. The standard InChI is InChI=1S/C12H13BrIN3S/c1-3-4-8-10(14)11(15)17-12(16-8)9-5-7(13)6(2)18-9/h5H,3-4H2,1-2H3,(H2,15,16,17). The van der Waals surface area contributed by atoms with Gasteiger partial charge in [-0.15, -0.1) is 11.3 Å². The number of aromatic nitrogens is 2. The zero-order valence-electron chi connectivity index (χ0n) is 10.1. The van der Waals surface area contributed by atoms with E-state index in [1.54, 1.807) is 11.3 Å². The van der Waals surface area contributed by atoms with Crippen molar-refractivity contribution in [2.24, 2.45) is 0 Å². The van der Waals surface area contributed by atoms with Gasteiger partial charge in [0.25, 0.3) is 0 Å². The number of nitrogen functional groups attached to an aromatic ring is 1. The Morgan fingerprint density at radius 3 is 2.72 bits per heavy atom. The Morgan fingerprint density at radius 1 is 1.44 bits per heavy atom. The van der Waals surface area contributed by atoms with Crippen LogP contribution in [0.5, 0.6) is 0 Å². The summed E-state index contributed by atoms with van der Waals surface area (Å²) in [5.41, 5.74) is 7.01. The molecule has 0 aliphatic carbocycles. The molecular weight excluding hydrogens is 425 g/mol. The molecular formula is C12H13BrIN3S. The number of nitrogens with zero attached hydrogens (tertiary/aromatic N) is 2. The summed E-state index contributed by atoms with van der Waals surface area (Å²) in [5.74, 6) is 1.31. The molecule has 2 heterocycles. The third-order valence-electron chi connectivity index (χ3n) is 2.51. The summed E-state index contributed by atoms with van der Waals surface area (Å²) < 4.78 is 2.07. The third-order valence-corrected chi connectivity index (χ3v) is 5.82. The molecule has 96 valence electrons. The van der Waals surface area contributed by atoms with Crippen molar-refractivity contribution < 1.29 is 0 Å². The van der Waals surface area contributed by atoms with Crippen LogP contribution < -0.4 is 5.73 Å². The molecule has 0 spiro atoms. The van der Waals surface area contributed by atoms with Crippen molar-refractivity contribution in [3.8, 4) is 10.7 Å². The number of nitrogens with two attached hydrogens (primary N) is 1. The number of hydrogen-bond donors (Lipinski definition) is 1. The van der Waals surface area contributed by atoms with Crippen molar-refractivity contribution in [3.05, 3.63) is 24.7 Å². The Labute approximate surface area is 132 Å². The lowest BCUT2D eigenvalue weighted by molar-refractivity contribution is 0.870. The predicted octanol–water partition coefficient (Wildman–Crippen LogP) is 4.42. The van der Waals surface area contributed by atoms with Gasteiger partial charge in [0.05, 0.1) is 14.1 Å². The molecule has 0 saturated carbocycles. The number of rotatable bonds is 3. The van der Waals surface area contributed by atoms with Crippen LogP contribution in [0.1, 0.15) is 23.9 Å². The average Bonchev–Trinajstić information content (AvgIpc) is 2.65. The Bertz CT molecular complexity index is 563. The minimum Gasteiger partial charge on any atom is -0.383 e. The summed E-state index contributed by atoms with van der Waals surface area (Å²) in [6.07, 6.45) is 1.99. The Hall–Kier alpha value is -0.210. The minimum atomic E-state index is 0.575. The lowest BCUT2D eigenvalue weighted by Gasteiger charge is -2.07. The van der Waals surface area contributed by atoms with E-state index in [2.05, 4.69) is 68.4 Å². The number of aryl methyl sites for hydroxylation is 2. The largest absolute Gasteiger partial charge is 0.383 e. The van der Waals surface area contributed by atoms with Crippen molar-refractivity contribution in [1.82, 2.24) is 9.97 Å². The molecule has 2 aromatic heterocycles. The first-order chi connectivity index (χ1) is 8.52. The van der Waals surface area contributed by atoms with Crippen molar-refractivity contribution in [2.75, 3.05) is 5.73 Å². The van der Waals surface area contributed by atoms with Crippen LogP contribution in [0.15, 0.2) is 10.5 Å². The molecule has 0 bridgehead atoms. The van der Waals surface area contributed by atoms with Gasteiger partial charge in [0.15, 0.2) is 5.82 Å². The number of thiophene rings is 1. The summed E-state index contributed by atoms with van der Waals surface area (Å²) in [4.78, 5) is 11.3. The second kappa shape index (κ2) is 5.83. The second-order valence-corrected chi connectivity index (χ2v) is 7.15. The van der Waals surface area contributed by atoms with Gasteiger partial charge in [0.1, 0.15) is 5.82 Å². The third kappa shape index (κ3) is 2.85. The maximum absolute atomic E-state index is 5.97. The fourth-order valence-corrected chi connectivity index (χ4v) is 3.58. The maximum Gasteiger partial charge on any atom is 0.171 e. The highest BCUT2D eigenvalue weighted by molar-refractivity contribution is 14.1. The van der Waals surface area contributed by atoms with Gasteiger partial charge in [-0.25, -0.2) is 9.97 Å². The summed E-state index contributed by atoms with van der Waals surface area (Å²) >= 11 is 7.42. The monoisotopic (exact) mass is 437 g/mol. The zero-order chi connectivity index (χ0) is 13.3. The Kier molecular flexibility index (Phi) is 4.60. The highest BCUT2D eigenvalue weighted by Gasteiger charge is 2.13. The van der Waals surface area contributed by atoms with Crippen LogP contribution in [0.3, 0.4) is 0 Å². The lowest BCUT2D eigenvalue weighted by Crippen LogP contribution is -2.04. The molecule has 2 N–H and O–H groups in total. The molecule has 0 amide bonds. The van der Waals surface area contributed by atoms with Crippen LogP contribution >= 0.6 is 49.9 Å². The quantitative estimate of drug-likeness (QED) is 0.723. The Morgan fingerprint density at radius 2 is 2.17 bits per heavy atom. The number of hydrogen-bond acceptors (Lipinski definition) is 4. The van der Waals surface area contributed by atoms with E-state index >= 15 is 0 Å². The van der Waals surface area contributed by atoms with Crippen LogP contribution in [0.2, 0.25) is 0 Å². The molecule has 0 aromatic carbocycles. The van der Waals surface area contributed by atoms with E-state index < -0.39 is 0 Å². The summed E-state index contributed by atoms with van der Waals surface area (Å²) in [6.45, 7) is 4.21. The molecule has 3 nitrogen and oxygen atoms in total. The van der Waals surface area contributed by atoms with Crippen LogP contribution in [-0.4, -0.2) is 9.97 Å². The molecule has 6 heteroatoms. The molecule has 0 fully saturated rings. The second-order valence-electron chi connectivity index (χ2n) is 3.96. The van der Waals surface area contributed by atoms with E-state index in [4.69, 9.17) is 5.73 Å². The molecule has 0 aliphatic rings. The first kappa shape index (κ1) is 14.2. The van der Waals surface area contributed by atoms with Gasteiger partial charge in [-0.3, -0.25) is 0 Å². The summed E-state index contributed by atoms with van der Waals surface area (Å²) in [6, 6.07) is 2.05. The average molecular weight is 438 g/mol. The number of anilines is 1. The maximum atomic E-state index is 5.97. The van der Waals surface area contributed by atoms with E-state index in [-0.39, 0.29) is 0 Å². The van der Waals surface area contributed by atoms with E-state index in [0.29, 0.717) is 5.82 Å². The van der Waals surface area contributed by atoms with Crippen LogP contribution in [-0.2, 0) is 6.42 Å².